The Morgan fingerprint density at radius 1 is 1.19 bits per heavy atom. The molecular formula is C19H19BrN4O2. The van der Waals surface area contributed by atoms with Crippen LogP contribution in [-0.2, 0) is 13.1 Å². The van der Waals surface area contributed by atoms with Gasteiger partial charge in [-0.25, -0.2) is 4.98 Å². The van der Waals surface area contributed by atoms with Crippen molar-refractivity contribution in [3.05, 3.63) is 80.3 Å². The minimum absolute atomic E-state index is 0.0996. The van der Waals surface area contributed by atoms with Crippen molar-refractivity contribution in [1.82, 2.24) is 19.6 Å². The molecule has 0 saturated carbocycles. The highest BCUT2D eigenvalue weighted by atomic mass is 79.9. The number of pyridine rings is 1. The van der Waals surface area contributed by atoms with Gasteiger partial charge in [-0.05, 0) is 52.8 Å². The van der Waals surface area contributed by atoms with Gasteiger partial charge in [-0.15, -0.1) is 0 Å². The van der Waals surface area contributed by atoms with E-state index in [2.05, 4.69) is 31.1 Å². The molecule has 1 amide bonds. The van der Waals surface area contributed by atoms with Crippen LogP contribution in [0.25, 0.3) is 5.65 Å². The minimum Gasteiger partial charge on any atom is -0.355 e. The summed E-state index contributed by atoms with van der Waals surface area (Å²) in [5.41, 5.74) is 2.96. The summed E-state index contributed by atoms with van der Waals surface area (Å²) in [5.74, 6) is -0.0996. The predicted octanol–water partition coefficient (Wildman–Crippen LogP) is 2.45. The molecule has 0 fully saturated rings. The Balaban J connectivity index is 1.72. The fourth-order valence-corrected chi connectivity index (χ4v) is 3.09. The quantitative estimate of drug-likeness (QED) is 0.696. The molecule has 0 aliphatic carbocycles. The Hall–Kier alpha value is -2.51. The maximum absolute atomic E-state index is 12.3. The van der Waals surface area contributed by atoms with Gasteiger partial charge >= 0.3 is 0 Å². The van der Waals surface area contributed by atoms with Crippen molar-refractivity contribution in [3.8, 4) is 0 Å². The lowest BCUT2D eigenvalue weighted by Gasteiger charge is -2.16. The number of hydrogen-bond acceptors (Lipinski definition) is 4. The number of aromatic nitrogens is 2. The second-order valence-corrected chi connectivity index (χ2v) is 7.03. The Kier molecular flexibility index (Phi) is 5.49. The summed E-state index contributed by atoms with van der Waals surface area (Å²) in [6.07, 6.45) is 1.71. The van der Waals surface area contributed by atoms with E-state index in [0.717, 1.165) is 15.7 Å². The molecule has 0 aliphatic rings. The summed E-state index contributed by atoms with van der Waals surface area (Å²) in [6.45, 7) is 1.24. The number of hydrogen-bond donors (Lipinski definition) is 1. The van der Waals surface area contributed by atoms with E-state index in [-0.39, 0.29) is 11.5 Å². The number of carbonyl (C=O) groups excluding carboxylic acids is 1. The summed E-state index contributed by atoms with van der Waals surface area (Å²) in [5, 5.41) is 2.61. The number of benzene rings is 1. The monoisotopic (exact) mass is 414 g/mol. The Morgan fingerprint density at radius 2 is 1.92 bits per heavy atom. The minimum atomic E-state index is -0.102. The van der Waals surface area contributed by atoms with Crippen LogP contribution in [0.4, 0.5) is 0 Å². The molecule has 134 valence electrons. The first kappa shape index (κ1) is 18.3. The number of rotatable bonds is 5. The van der Waals surface area contributed by atoms with Crippen LogP contribution >= 0.6 is 15.9 Å². The zero-order valence-electron chi connectivity index (χ0n) is 14.6. The third-order valence-electron chi connectivity index (χ3n) is 4.00. The SMILES string of the molecule is CNC(=O)c1ccc(CN(C)Cc2cc(=O)n3cc(Br)ccc3n2)cc1. The van der Waals surface area contributed by atoms with Crippen molar-refractivity contribution in [2.75, 3.05) is 14.1 Å². The van der Waals surface area contributed by atoms with Crippen LogP contribution in [0.3, 0.4) is 0 Å². The first-order valence-electron chi connectivity index (χ1n) is 8.13. The van der Waals surface area contributed by atoms with Gasteiger partial charge in [-0.2, -0.15) is 0 Å². The van der Waals surface area contributed by atoms with Gasteiger partial charge in [0.15, 0.2) is 0 Å². The van der Waals surface area contributed by atoms with E-state index in [1.165, 1.54) is 4.40 Å². The van der Waals surface area contributed by atoms with Crippen molar-refractivity contribution >= 4 is 27.5 Å². The van der Waals surface area contributed by atoms with E-state index in [9.17, 15) is 9.59 Å². The molecule has 0 radical (unpaired) electrons. The van der Waals surface area contributed by atoms with Crippen molar-refractivity contribution in [1.29, 1.82) is 0 Å². The maximum Gasteiger partial charge on any atom is 0.258 e. The lowest BCUT2D eigenvalue weighted by atomic mass is 10.1. The van der Waals surface area contributed by atoms with Crippen molar-refractivity contribution in [2.45, 2.75) is 13.1 Å². The van der Waals surface area contributed by atoms with Gasteiger partial charge in [0.25, 0.3) is 11.5 Å². The van der Waals surface area contributed by atoms with Gasteiger partial charge < -0.3 is 5.32 Å². The first-order valence-corrected chi connectivity index (χ1v) is 8.93. The average molecular weight is 415 g/mol. The number of nitrogens with one attached hydrogen (secondary N) is 1. The molecule has 1 N–H and O–H groups in total. The fraction of sp³-hybridized carbons (Fsp3) is 0.211. The highest BCUT2D eigenvalue weighted by molar-refractivity contribution is 9.10. The topological polar surface area (TPSA) is 66.7 Å². The standard InChI is InChI=1S/C19H19BrN4O2/c1-21-19(26)14-5-3-13(4-6-14)10-23(2)12-16-9-18(25)24-11-15(20)7-8-17(24)22-16/h3-9,11H,10,12H2,1-2H3,(H,21,26). The van der Waals surface area contributed by atoms with Crippen LogP contribution in [-0.4, -0.2) is 34.3 Å². The molecule has 6 nitrogen and oxygen atoms in total. The molecule has 3 rings (SSSR count). The zero-order valence-corrected chi connectivity index (χ0v) is 16.2. The molecule has 3 aromatic rings. The molecule has 0 unspecified atom stereocenters. The molecular weight excluding hydrogens is 396 g/mol. The van der Waals surface area contributed by atoms with E-state index in [1.807, 2.05) is 31.3 Å². The van der Waals surface area contributed by atoms with Crippen molar-refractivity contribution in [2.24, 2.45) is 0 Å². The third kappa shape index (κ3) is 4.17. The second kappa shape index (κ2) is 7.80. The first-order chi connectivity index (χ1) is 12.5. The smallest absolute Gasteiger partial charge is 0.258 e. The number of halogens is 1. The maximum atomic E-state index is 12.3. The largest absolute Gasteiger partial charge is 0.355 e. The summed E-state index contributed by atoms with van der Waals surface area (Å²) in [7, 11) is 3.58. The van der Waals surface area contributed by atoms with Gasteiger partial charge in [0, 0.05) is 42.4 Å². The Bertz CT molecular complexity index is 999. The van der Waals surface area contributed by atoms with Crippen LogP contribution in [0, 0.1) is 0 Å². The van der Waals surface area contributed by atoms with Crippen LogP contribution < -0.4 is 10.9 Å². The normalized spacial score (nSPS) is 11.1. The van der Waals surface area contributed by atoms with Crippen LogP contribution in [0.15, 0.2) is 57.9 Å². The Morgan fingerprint density at radius 3 is 2.62 bits per heavy atom. The van der Waals surface area contributed by atoms with E-state index in [1.54, 1.807) is 31.4 Å². The number of fused-ring (bicyclic) bond motifs is 1. The van der Waals surface area contributed by atoms with Crippen LogP contribution in [0.5, 0.6) is 0 Å². The lowest BCUT2D eigenvalue weighted by molar-refractivity contribution is 0.0963. The number of carbonyl (C=O) groups is 1. The summed E-state index contributed by atoms with van der Waals surface area (Å²) in [4.78, 5) is 30.5. The van der Waals surface area contributed by atoms with Crippen LogP contribution in [0.2, 0.25) is 0 Å². The zero-order chi connectivity index (χ0) is 18.7. The summed E-state index contributed by atoms with van der Waals surface area (Å²) < 4.78 is 2.35. The summed E-state index contributed by atoms with van der Waals surface area (Å²) >= 11 is 3.36. The second-order valence-electron chi connectivity index (χ2n) is 6.11. The summed E-state index contributed by atoms with van der Waals surface area (Å²) in [6, 6.07) is 12.7. The van der Waals surface area contributed by atoms with E-state index in [4.69, 9.17) is 0 Å². The highest BCUT2D eigenvalue weighted by Gasteiger charge is 2.08. The van der Waals surface area contributed by atoms with Gasteiger partial charge in [0.2, 0.25) is 0 Å². The van der Waals surface area contributed by atoms with E-state index < -0.39 is 0 Å². The molecule has 7 heteroatoms. The molecule has 0 saturated heterocycles. The molecule has 0 spiro atoms. The third-order valence-corrected chi connectivity index (χ3v) is 4.47. The molecule has 0 aliphatic heterocycles. The Labute approximate surface area is 159 Å². The van der Waals surface area contributed by atoms with E-state index in [0.29, 0.717) is 24.3 Å². The highest BCUT2D eigenvalue weighted by Crippen LogP contribution is 2.11. The molecule has 2 heterocycles. The fourth-order valence-electron chi connectivity index (χ4n) is 2.76. The molecule has 26 heavy (non-hydrogen) atoms. The van der Waals surface area contributed by atoms with Gasteiger partial charge in [-0.3, -0.25) is 18.9 Å². The molecule has 0 bridgehead atoms. The van der Waals surface area contributed by atoms with Crippen molar-refractivity contribution < 1.29 is 4.79 Å². The molecule has 0 atom stereocenters. The van der Waals surface area contributed by atoms with Gasteiger partial charge in [0.1, 0.15) is 5.65 Å². The predicted molar refractivity (Wildman–Crippen MR) is 104 cm³/mol. The van der Waals surface area contributed by atoms with Gasteiger partial charge in [0.05, 0.1) is 5.69 Å². The molecule has 2 aromatic heterocycles. The van der Waals surface area contributed by atoms with Gasteiger partial charge in [-0.1, -0.05) is 12.1 Å². The molecule has 1 aromatic carbocycles. The van der Waals surface area contributed by atoms with E-state index >= 15 is 0 Å². The van der Waals surface area contributed by atoms with Crippen LogP contribution in [0.1, 0.15) is 21.6 Å². The number of nitrogens with zero attached hydrogens (tertiary/aromatic N) is 3. The lowest BCUT2D eigenvalue weighted by Crippen LogP contribution is -2.22. The average Bonchev–Trinajstić information content (AvgIpc) is 2.62. The number of amides is 1. The van der Waals surface area contributed by atoms with Crippen molar-refractivity contribution in [3.63, 3.8) is 0 Å².